The Morgan fingerprint density at radius 1 is 1.27 bits per heavy atom. The van der Waals surface area contributed by atoms with Crippen molar-refractivity contribution in [2.75, 3.05) is 19.5 Å². The van der Waals surface area contributed by atoms with Crippen molar-refractivity contribution in [3.05, 3.63) is 44.0 Å². The molecule has 0 aliphatic carbocycles. The van der Waals surface area contributed by atoms with Crippen molar-refractivity contribution in [2.45, 2.75) is 0 Å². The number of nitrogens with one attached hydrogen (secondary N) is 1. The van der Waals surface area contributed by atoms with Crippen LogP contribution in [0.5, 0.6) is 11.5 Å². The number of benzene rings is 1. The van der Waals surface area contributed by atoms with Crippen molar-refractivity contribution in [1.82, 2.24) is 0 Å². The third-order valence-electron chi connectivity index (χ3n) is 2.72. The fourth-order valence-corrected chi connectivity index (χ4v) is 3.27. The minimum atomic E-state index is -0.271. The zero-order chi connectivity index (χ0) is 16.1. The molecule has 1 heterocycles. The van der Waals surface area contributed by atoms with Crippen molar-refractivity contribution in [3.63, 3.8) is 0 Å². The Bertz CT molecular complexity index is 715. The molecule has 0 atom stereocenters. The van der Waals surface area contributed by atoms with Gasteiger partial charge in [-0.05, 0) is 34.1 Å². The quantitative estimate of drug-likeness (QED) is 0.728. The highest BCUT2D eigenvalue weighted by atomic mass is 79.9. The number of thiophene rings is 1. The summed E-state index contributed by atoms with van der Waals surface area (Å²) in [6.45, 7) is 0. The van der Waals surface area contributed by atoms with Crippen LogP contribution >= 0.6 is 38.9 Å². The van der Waals surface area contributed by atoms with Crippen LogP contribution in [0.1, 0.15) is 4.88 Å². The Hall–Kier alpha value is -1.50. The molecule has 2 aromatic rings. The number of methoxy groups -OCH3 is 2. The highest BCUT2D eigenvalue weighted by Gasteiger charge is 2.11. The highest BCUT2D eigenvalue weighted by molar-refractivity contribution is 9.11. The van der Waals surface area contributed by atoms with Gasteiger partial charge in [0.2, 0.25) is 5.91 Å². The summed E-state index contributed by atoms with van der Waals surface area (Å²) in [6, 6.07) is 7.06. The van der Waals surface area contributed by atoms with Gasteiger partial charge >= 0.3 is 0 Å². The second-order valence-corrected chi connectivity index (χ2v) is 7.05. The summed E-state index contributed by atoms with van der Waals surface area (Å²) < 4.78 is 11.4. The van der Waals surface area contributed by atoms with E-state index in [0.717, 1.165) is 8.66 Å². The molecule has 22 heavy (non-hydrogen) atoms. The Kier molecular flexibility index (Phi) is 5.88. The SMILES string of the molecule is COc1cc(NC(=O)/C=C/c2ccc(Br)s2)c(OC)cc1Cl. The van der Waals surface area contributed by atoms with Gasteiger partial charge in [0, 0.05) is 23.1 Å². The lowest BCUT2D eigenvalue weighted by molar-refractivity contribution is -0.111. The fourth-order valence-electron chi connectivity index (χ4n) is 1.71. The van der Waals surface area contributed by atoms with Gasteiger partial charge in [-0.1, -0.05) is 11.6 Å². The number of ether oxygens (including phenoxy) is 2. The fraction of sp³-hybridized carbons (Fsp3) is 0.133. The molecule has 0 fully saturated rings. The van der Waals surface area contributed by atoms with E-state index >= 15 is 0 Å². The molecule has 7 heteroatoms. The molecule has 2 rings (SSSR count). The van der Waals surface area contributed by atoms with Crippen molar-refractivity contribution in [2.24, 2.45) is 0 Å². The summed E-state index contributed by atoms with van der Waals surface area (Å²) in [6.07, 6.45) is 3.20. The van der Waals surface area contributed by atoms with Crippen molar-refractivity contribution < 1.29 is 14.3 Å². The van der Waals surface area contributed by atoms with Crippen LogP contribution in [-0.4, -0.2) is 20.1 Å². The average molecular weight is 403 g/mol. The van der Waals surface area contributed by atoms with E-state index in [1.807, 2.05) is 12.1 Å². The summed E-state index contributed by atoms with van der Waals surface area (Å²) in [5, 5.41) is 3.16. The molecule has 116 valence electrons. The molecule has 1 aromatic heterocycles. The monoisotopic (exact) mass is 401 g/mol. The normalized spacial score (nSPS) is 10.7. The van der Waals surface area contributed by atoms with Crippen LogP contribution < -0.4 is 14.8 Å². The number of hydrogen-bond acceptors (Lipinski definition) is 4. The molecule has 0 spiro atoms. The minimum Gasteiger partial charge on any atom is -0.495 e. The van der Waals surface area contributed by atoms with Gasteiger partial charge in [-0.15, -0.1) is 11.3 Å². The number of carbonyl (C=O) groups is 1. The van der Waals surface area contributed by atoms with E-state index in [4.69, 9.17) is 21.1 Å². The maximum absolute atomic E-state index is 12.0. The smallest absolute Gasteiger partial charge is 0.248 e. The van der Waals surface area contributed by atoms with Crippen LogP contribution in [0.4, 0.5) is 5.69 Å². The molecule has 0 saturated heterocycles. The predicted octanol–water partition coefficient (Wildman–Crippen LogP) is 4.83. The summed E-state index contributed by atoms with van der Waals surface area (Å²) in [5.74, 6) is 0.655. The maximum Gasteiger partial charge on any atom is 0.248 e. The van der Waals surface area contributed by atoms with Gasteiger partial charge in [0.1, 0.15) is 11.5 Å². The largest absolute Gasteiger partial charge is 0.495 e. The molecule has 1 N–H and O–H groups in total. The molecule has 0 saturated carbocycles. The Labute approximate surface area is 145 Å². The van der Waals surface area contributed by atoms with E-state index in [1.54, 1.807) is 18.2 Å². The van der Waals surface area contributed by atoms with Gasteiger partial charge in [0.05, 0.1) is 28.7 Å². The van der Waals surface area contributed by atoms with Crippen LogP contribution in [0, 0.1) is 0 Å². The standard InChI is InChI=1S/C15H13BrClNO3S/c1-20-12-8-11(13(21-2)7-10(12)17)18-15(19)6-4-9-3-5-14(16)22-9/h3-8H,1-2H3,(H,18,19)/b6-4+. The van der Waals surface area contributed by atoms with E-state index < -0.39 is 0 Å². The molecule has 0 radical (unpaired) electrons. The summed E-state index contributed by atoms with van der Waals surface area (Å²) in [4.78, 5) is 13.0. The number of hydrogen-bond donors (Lipinski definition) is 1. The molecule has 0 bridgehead atoms. The third-order valence-corrected chi connectivity index (χ3v) is 4.61. The van der Waals surface area contributed by atoms with Crippen LogP contribution in [0.25, 0.3) is 6.08 Å². The lowest BCUT2D eigenvalue weighted by atomic mass is 10.2. The lowest BCUT2D eigenvalue weighted by Crippen LogP contribution is -2.09. The number of halogens is 2. The number of carbonyl (C=O) groups excluding carboxylic acids is 1. The van der Waals surface area contributed by atoms with Crippen molar-refractivity contribution in [3.8, 4) is 11.5 Å². The molecular weight excluding hydrogens is 390 g/mol. The van der Waals surface area contributed by atoms with Gasteiger partial charge in [-0.25, -0.2) is 0 Å². The van der Waals surface area contributed by atoms with E-state index in [9.17, 15) is 4.79 Å². The van der Waals surface area contributed by atoms with Crippen LogP contribution in [-0.2, 0) is 4.79 Å². The second kappa shape index (κ2) is 7.67. The summed E-state index contributed by atoms with van der Waals surface area (Å²) >= 11 is 10.9. The van der Waals surface area contributed by atoms with E-state index in [1.165, 1.54) is 31.6 Å². The molecule has 1 aromatic carbocycles. The van der Waals surface area contributed by atoms with E-state index in [-0.39, 0.29) is 5.91 Å². The molecular formula is C15H13BrClNO3S. The molecule has 0 aliphatic rings. The summed E-state index contributed by atoms with van der Waals surface area (Å²) in [7, 11) is 3.01. The van der Waals surface area contributed by atoms with Gasteiger partial charge in [-0.3, -0.25) is 4.79 Å². The minimum absolute atomic E-state index is 0.271. The van der Waals surface area contributed by atoms with Crippen LogP contribution in [0.3, 0.4) is 0 Å². The van der Waals surface area contributed by atoms with Crippen molar-refractivity contribution >= 4 is 56.5 Å². The van der Waals surface area contributed by atoms with Crippen LogP contribution in [0.2, 0.25) is 5.02 Å². The van der Waals surface area contributed by atoms with E-state index in [0.29, 0.717) is 22.2 Å². The first-order chi connectivity index (χ1) is 10.5. The molecule has 0 unspecified atom stereocenters. The maximum atomic E-state index is 12.0. The van der Waals surface area contributed by atoms with Gasteiger partial charge in [-0.2, -0.15) is 0 Å². The topological polar surface area (TPSA) is 47.6 Å². The molecule has 4 nitrogen and oxygen atoms in total. The van der Waals surface area contributed by atoms with Crippen molar-refractivity contribution in [1.29, 1.82) is 0 Å². The Morgan fingerprint density at radius 2 is 2.00 bits per heavy atom. The predicted molar refractivity (Wildman–Crippen MR) is 94.2 cm³/mol. The second-order valence-electron chi connectivity index (χ2n) is 4.15. The zero-order valence-corrected chi connectivity index (χ0v) is 15.0. The lowest BCUT2D eigenvalue weighted by Gasteiger charge is -2.12. The van der Waals surface area contributed by atoms with Gasteiger partial charge < -0.3 is 14.8 Å². The zero-order valence-electron chi connectivity index (χ0n) is 11.9. The molecule has 0 aliphatic heterocycles. The first kappa shape index (κ1) is 16.9. The van der Waals surface area contributed by atoms with Gasteiger partial charge in [0.25, 0.3) is 0 Å². The highest BCUT2D eigenvalue weighted by Crippen LogP contribution is 2.35. The van der Waals surface area contributed by atoms with E-state index in [2.05, 4.69) is 21.2 Å². The first-order valence-corrected chi connectivity index (χ1v) is 8.18. The number of rotatable bonds is 5. The van der Waals surface area contributed by atoms with Crippen LogP contribution in [0.15, 0.2) is 34.1 Å². The Balaban J connectivity index is 2.15. The van der Waals surface area contributed by atoms with Gasteiger partial charge in [0.15, 0.2) is 0 Å². The number of amides is 1. The molecule has 1 amide bonds. The first-order valence-electron chi connectivity index (χ1n) is 6.19. The summed E-state index contributed by atoms with van der Waals surface area (Å²) in [5.41, 5.74) is 0.491. The Morgan fingerprint density at radius 3 is 2.59 bits per heavy atom. The number of anilines is 1. The average Bonchev–Trinajstić information content (AvgIpc) is 2.92. The third kappa shape index (κ3) is 4.25.